The molecular formula is C18H11BrO. The summed E-state index contributed by atoms with van der Waals surface area (Å²) in [5.41, 5.74) is 4.45. The highest BCUT2D eigenvalue weighted by Crippen LogP contribution is 2.35. The predicted molar refractivity (Wildman–Crippen MR) is 86.0 cm³/mol. The molecule has 2 heteroatoms. The van der Waals surface area contributed by atoms with Crippen LogP contribution in [0.3, 0.4) is 0 Å². The molecule has 0 saturated carbocycles. The normalized spacial score (nSPS) is 11.2. The van der Waals surface area contributed by atoms with E-state index in [-0.39, 0.29) is 0 Å². The Bertz CT molecular complexity index is 861. The Hall–Kier alpha value is -2.06. The molecule has 1 nitrogen and oxygen atoms in total. The van der Waals surface area contributed by atoms with Gasteiger partial charge in [0, 0.05) is 15.4 Å². The van der Waals surface area contributed by atoms with Gasteiger partial charge in [-0.2, -0.15) is 0 Å². The first-order valence-corrected chi connectivity index (χ1v) is 7.27. The van der Waals surface area contributed by atoms with Crippen molar-refractivity contribution in [3.05, 3.63) is 71.2 Å². The molecule has 2 aromatic carbocycles. The predicted octanol–water partition coefficient (Wildman–Crippen LogP) is 5.97. The van der Waals surface area contributed by atoms with E-state index >= 15 is 0 Å². The third kappa shape index (κ3) is 1.93. The minimum absolute atomic E-state index is 0.908. The zero-order valence-corrected chi connectivity index (χ0v) is 12.2. The molecule has 0 bridgehead atoms. The van der Waals surface area contributed by atoms with Gasteiger partial charge < -0.3 is 4.42 Å². The molecule has 1 aliphatic heterocycles. The zero-order chi connectivity index (χ0) is 13.5. The maximum absolute atomic E-state index is 5.98. The van der Waals surface area contributed by atoms with Gasteiger partial charge in [0.25, 0.3) is 0 Å². The number of fused-ring (bicyclic) bond motifs is 2. The van der Waals surface area contributed by atoms with Crippen LogP contribution in [0.5, 0.6) is 0 Å². The summed E-state index contributed by atoms with van der Waals surface area (Å²) in [5, 5.41) is 1.11. The Morgan fingerprint density at radius 1 is 0.700 bits per heavy atom. The third-order valence-corrected chi connectivity index (χ3v) is 3.99. The number of rotatable bonds is 1. The molecule has 0 atom stereocenters. The van der Waals surface area contributed by atoms with Crippen LogP contribution in [0.2, 0.25) is 0 Å². The molecule has 2 aliphatic rings. The van der Waals surface area contributed by atoms with Crippen LogP contribution in [0.4, 0.5) is 0 Å². The second kappa shape index (κ2) is 4.50. The van der Waals surface area contributed by atoms with Gasteiger partial charge >= 0.3 is 0 Å². The van der Waals surface area contributed by atoms with Crippen LogP contribution in [-0.4, -0.2) is 0 Å². The Morgan fingerprint density at radius 2 is 1.55 bits per heavy atom. The van der Waals surface area contributed by atoms with Gasteiger partial charge in [-0.05, 0) is 47.5 Å². The largest absolute Gasteiger partial charge is 0.456 e. The first-order valence-electron chi connectivity index (χ1n) is 6.48. The van der Waals surface area contributed by atoms with Crippen LogP contribution in [0.25, 0.3) is 33.4 Å². The molecule has 0 spiro atoms. The lowest BCUT2D eigenvalue weighted by Crippen LogP contribution is -1.77. The van der Waals surface area contributed by atoms with Gasteiger partial charge in [-0.3, -0.25) is 0 Å². The molecule has 0 aromatic heterocycles. The summed E-state index contributed by atoms with van der Waals surface area (Å²) in [6.45, 7) is 0. The van der Waals surface area contributed by atoms with Crippen molar-refractivity contribution in [2.75, 3.05) is 0 Å². The molecule has 4 rings (SSSR count). The maximum Gasteiger partial charge on any atom is 0.135 e. The summed E-state index contributed by atoms with van der Waals surface area (Å²) >= 11 is 3.50. The fourth-order valence-electron chi connectivity index (χ4n) is 2.51. The lowest BCUT2D eigenvalue weighted by Gasteiger charge is -2.02. The monoisotopic (exact) mass is 322 g/mol. The van der Waals surface area contributed by atoms with E-state index in [1.165, 1.54) is 11.1 Å². The highest BCUT2D eigenvalue weighted by atomic mass is 79.9. The molecule has 0 unspecified atom stereocenters. The molecule has 0 saturated heterocycles. The Morgan fingerprint density at radius 3 is 2.40 bits per heavy atom. The molecule has 0 radical (unpaired) electrons. The van der Waals surface area contributed by atoms with E-state index in [1.807, 2.05) is 18.2 Å². The van der Waals surface area contributed by atoms with Crippen LogP contribution < -0.4 is 0 Å². The first-order chi connectivity index (χ1) is 9.79. The van der Waals surface area contributed by atoms with Crippen molar-refractivity contribution in [3.63, 3.8) is 0 Å². The highest BCUT2D eigenvalue weighted by Gasteiger charge is 2.12. The minimum Gasteiger partial charge on any atom is -0.456 e. The van der Waals surface area contributed by atoms with E-state index in [9.17, 15) is 0 Å². The fraction of sp³-hybridized carbons (Fsp3) is 0. The summed E-state index contributed by atoms with van der Waals surface area (Å²) in [4.78, 5) is 0. The summed E-state index contributed by atoms with van der Waals surface area (Å²) in [6, 6.07) is 22.9. The zero-order valence-electron chi connectivity index (χ0n) is 10.6. The van der Waals surface area contributed by atoms with E-state index < -0.39 is 0 Å². The fourth-order valence-corrected chi connectivity index (χ4v) is 2.89. The smallest absolute Gasteiger partial charge is 0.135 e. The van der Waals surface area contributed by atoms with Crippen LogP contribution in [0.1, 0.15) is 0 Å². The van der Waals surface area contributed by atoms with E-state index in [0.717, 1.165) is 26.8 Å². The van der Waals surface area contributed by atoms with Crippen LogP contribution in [0.15, 0.2) is 75.6 Å². The second-order valence-electron chi connectivity index (χ2n) is 4.86. The number of hydrogen-bond donors (Lipinski definition) is 0. The average molecular weight is 323 g/mol. The van der Waals surface area contributed by atoms with Crippen molar-refractivity contribution in [3.8, 4) is 22.5 Å². The Balaban J connectivity index is 1.96. The molecule has 0 amide bonds. The van der Waals surface area contributed by atoms with Crippen molar-refractivity contribution >= 4 is 26.9 Å². The third-order valence-electron chi connectivity index (χ3n) is 3.49. The number of benzene rings is 2. The van der Waals surface area contributed by atoms with Gasteiger partial charge in [-0.25, -0.2) is 0 Å². The van der Waals surface area contributed by atoms with Crippen molar-refractivity contribution < 1.29 is 4.42 Å². The molecule has 20 heavy (non-hydrogen) atoms. The molecule has 1 aliphatic carbocycles. The van der Waals surface area contributed by atoms with E-state index in [2.05, 4.69) is 64.5 Å². The quantitative estimate of drug-likeness (QED) is 0.421. The van der Waals surface area contributed by atoms with Crippen molar-refractivity contribution in [1.82, 2.24) is 0 Å². The molecule has 2 aromatic rings. The van der Waals surface area contributed by atoms with Crippen LogP contribution >= 0.6 is 15.9 Å². The van der Waals surface area contributed by atoms with Crippen molar-refractivity contribution in [1.29, 1.82) is 0 Å². The lowest BCUT2D eigenvalue weighted by atomic mass is 10.1. The number of halogens is 1. The Labute approximate surface area is 125 Å². The lowest BCUT2D eigenvalue weighted by molar-refractivity contribution is 0.621. The molecular weight excluding hydrogens is 312 g/mol. The standard InChI is InChI=1S/C18H11BrO/c19-16-6-7-17-15(10-16)9-14-8-13(11-18(14)20-17)12-4-2-1-3-5-12/h1-11H. The molecule has 96 valence electrons. The molecule has 0 N–H and O–H groups in total. The molecule has 1 heterocycles. The van der Waals surface area contributed by atoms with Gasteiger partial charge in [0.15, 0.2) is 0 Å². The first kappa shape index (κ1) is 11.7. The summed E-state index contributed by atoms with van der Waals surface area (Å²) < 4.78 is 7.05. The Kier molecular flexibility index (Phi) is 2.64. The topological polar surface area (TPSA) is 13.1 Å². The summed E-state index contributed by atoms with van der Waals surface area (Å²) in [7, 11) is 0. The molecule has 0 fully saturated rings. The van der Waals surface area contributed by atoms with Gasteiger partial charge in [-0.1, -0.05) is 46.3 Å². The van der Waals surface area contributed by atoms with Crippen LogP contribution in [-0.2, 0) is 0 Å². The van der Waals surface area contributed by atoms with Crippen molar-refractivity contribution in [2.45, 2.75) is 0 Å². The summed E-state index contributed by atoms with van der Waals surface area (Å²) in [6.07, 6.45) is 0. The van der Waals surface area contributed by atoms with Gasteiger partial charge in [0.05, 0.1) is 0 Å². The van der Waals surface area contributed by atoms with Gasteiger partial charge in [0.1, 0.15) is 11.3 Å². The van der Waals surface area contributed by atoms with E-state index in [4.69, 9.17) is 4.42 Å². The van der Waals surface area contributed by atoms with Gasteiger partial charge in [-0.15, -0.1) is 0 Å². The highest BCUT2D eigenvalue weighted by molar-refractivity contribution is 9.10. The van der Waals surface area contributed by atoms with E-state index in [0.29, 0.717) is 0 Å². The summed E-state index contributed by atoms with van der Waals surface area (Å²) in [5.74, 6) is 0.929. The second-order valence-corrected chi connectivity index (χ2v) is 5.77. The van der Waals surface area contributed by atoms with Crippen molar-refractivity contribution in [2.24, 2.45) is 0 Å². The van der Waals surface area contributed by atoms with Gasteiger partial charge in [0.2, 0.25) is 0 Å². The minimum atomic E-state index is 0.908. The average Bonchev–Trinajstić information content (AvgIpc) is 2.88. The SMILES string of the molecule is Brc1ccc2oc3cc(-c4ccccc4)cc-3cc2c1. The van der Waals surface area contributed by atoms with E-state index in [1.54, 1.807) is 0 Å². The van der Waals surface area contributed by atoms with Crippen LogP contribution in [0, 0.1) is 0 Å². The maximum atomic E-state index is 5.98. The number of hydrogen-bond acceptors (Lipinski definition) is 1.